The molecule has 0 radical (unpaired) electrons. The van der Waals surface area contributed by atoms with Gasteiger partial charge in [0, 0.05) is 18.0 Å². The van der Waals surface area contributed by atoms with Crippen LogP contribution in [0, 0.1) is 0 Å². The second-order valence-corrected chi connectivity index (χ2v) is 6.89. The Balaban J connectivity index is 1.65. The van der Waals surface area contributed by atoms with E-state index < -0.39 is 0 Å². The molecular formula is C18H22N2S. The second kappa shape index (κ2) is 5.24. The largest absolute Gasteiger partial charge is 0.303 e. The van der Waals surface area contributed by atoms with Crippen molar-refractivity contribution in [3.8, 4) is 0 Å². The van der Waals surface area contributed by atoms with E-state index >= 15 is 0 Å². The van der Waals surface area contributed by atoms with Gasteiger partial charge in [0.2, 0.25) is 0 Å². The van der Waals surface area contributed by atoms with Crippen molar-refractivity contribution in [2.24, 2.45) is 0 Å². The van der Waals surface area contributed by atoms with Gasteiger partial charge < -0.3 is 4.90 Å². The van der Waals surface area contributed by atoms with Gasteiger partial charge in [-0.25, -0.2) is 0 Å². The van der Waals surface area contributed by atoms with Crippen molar-refractivity contribution in [1.29, 1.82) is 0 Å². The highest BCUT2D eigenvalue weighted by molar-refractivity contribution is 7.10. The van der Waals surface area contributed by atoms with Crippen LogP contribution in [0.2, 0.25) is 0 Å². The highest BCUT2D eigenvalue weighted by Crippen LogP contribution is 2.57. The summed E-state index contributed by atoms with van der Waals surface area (Å²) < 4.78 is 0. The summed E-state index contributed by atoms with van der Waals surface area (Å²) in [6.45, 7) is 9.14. The van der Waals surface area contributed by atoms with Gasteiger partial charge in [-0.3, -0.25) is 4.90 Å². The molecule has 2 aliphatic rings. The normalized spacial score (nSPS) is 22.8. The Bertz CT molecular complexity index is 599. The van der Waals surface area contributed by atoms with Gasteiger partial charge in [-0.1, -0.05) is 38.1 Å². The summed E-state index contributed by atoms with van der Waals surface area (Å²) in [7, 11) is 0. The molecule has 4 rings (SSSR count). The Hall–Kier alpha value is -1.16. The number of rotatable bonds is 5. The van der Waals surface area contributed by atoms with E-state index in [4.69, 9.17) is 0 Å². The summed E-state index contributed by atoms with van der Waals surface area (Å²) in [5.74, 6) is 0. The summed E-state index contributed by atoms with van der Waals surface area (Å²) in [5.41, 5.74) is 4.63. The maximum Gasteiger partial charge on any atom is 0.0711 e. The molecule has 3 heteroatoms. The first-order chi connectivity index (χ1) is 10.3. The Morgan fingerprint density at radius 2 is 1.71 bits per heavy atom. The fraction of sp³-hybridized carbons (Fsp3) is 0.444. The topological polar surface area (TPSA) is 6.48 Å². The van der Waals surface area contributed by atoms with Crippen molar-refractivity contribution >= 4 is 11.3 Å². The number of nitrogens with zero attached hydrogens (tertiary/aromatic N) is 2. The molecule has 0 spiro atoms. The number of thiophene rings is 1. The highest BCUT2D eigenvalue weighted by atomic mass is 32.1. The zero-order valence-corrected chi connectivity index (χ0v) is 13.6. The first-order valence-electron chi connectivity index (χ1n) is 7.99. The average molecular weight is 298 g/mol. The molecule has 0 saturated carbocycles. The van der Waals surface area contributed by atoms with Crippen molar-refractivity contribution in [2.75, 3.05) is 26.2 Å². The average Bonchev–Trinajstić information content (AvgIpc) is 3.17. The van der Waals surface area contributed by atoms with E-state index in [1.165, 1.54) is 17.7 Å². The molecule has 1 aromatic heterocycles. The van der Waals surface area contributed by atoms with Crippen LogP contribution in [0.25, 0.3) is 0 Å². The number of fused-ring (bicyclic) bond motifs is 8. The maximum absolute atomic E-state index is 2.71. The van der Waals surface area contributed by atoms with E-state index in [-0.39, 0.29) is 0 Å². The quantitative estimate of drug-likeness (QED) is 0.826. The van der Waals surface area contributed by atoms with Crippen LogP contribution >= 0.6 is 11.3 Å². The molecule has 21 heavy (non-hydrogen) atoms. The maximum atomic E-state index is 2.71. The van der Waals surface area contributed by atoms with Gasteiger partial charge in [-0.2, -0.15) is 0 Å². The first kappa shape index (κ1) is 13.5. The van der Waals surface area contributed by atoms with Crippen LogP contribution < -0.4 is 0 Å². The van der Waals surface area contributed by atoms with Gasteiger partial charge in [-0.05, 0) is 41.2 Å². The third kappa shape index (κ3) is 1.91. The molecule has 1 aromatic carbocycles. The Labute approximate surface area is 131 Å². The zero-order valence-electron chi connectivity index (χ0n) is 12.7. The third-order valence-corrected chi connectivity index (χ3v) is 6.07. The minimum absolute atomic E-state index is 0.503. The van der Waals surface area contributed by atoms with Gasteiger partial charge in [-0.15, -0.1) is 11.3 Å². The fourth-order valence-electron chi connectivity index (χ4n) is 3.99. The molecule has 2 bridgehead atoms. The molecular weight excluding hydrogens is 276 g/mol. The van der Waals surface area contributed by atoms with Crippen molar-refractivity contribution in [3.05, 3.63) is 57.3 Å². The minimum Gasteiger partial charge on any atom is -0.303 e. The van der Waals surface area contributed by atoms with Gasteiger partial charge in [0.15, 0.2) is 0 Å². The lowest BCUT2D eigenvalue weighted by molar-refractivity contribution is 0.190. The molecule has 2 aliphatic heterocycles. The minimum atomic E-state index is 0.503. The SMILES string of the molecule is CCN(CC)CCN1C2c3ccccc3C1c1sccc12. The summed E-state index contributed by atoms with van der Waals surface area (Å²) in [6, 6.07) is 12.4. The van der Waals surface area contributed by atoms with Crippen molar-refractivity contribution in [1.82, 2.24) is 9.80 Å². The standard InChI is InChI=1S/C18H22N2S/c1-3-19(4-2)10-11-20-16-13-7-5-6-8-14(13)17(20)18-15(16)9-12-21-18/h5-9,12,16-17H,3-4,10-11H2,1-2H3. The van der Waals surface area contributed by atoms with Crippen molar-refractivity contribution < 1.29 is 0 Å². The predicted octanol–water partition coefficient (Wildman–Crippen LogP) is 3.90. The number of benzene rings is 1. The second-order valence-electron chi connectivity index (χ2n) is 5.94. The summed E-state index contributed by atoms with van der Waals surface area (Å²) in [6.07, 6.45) is 0. The van der Waals surface area contributed by atoms with Crippen LogP contribution in [0.1, 0.15) is 47.5 Å². The van der Waals surface area contributed by atoms with E-state index in [1.807, 2.05) is 11.3 Å². The molecule has 3 heterocycles. The van der Waals surface area contributed by atoms with E-state index in [1.54, 1.807) is 10.4 Å². The molecule has 0 fully saturated rings. The van der Waals surface area contributed by atoms with Crippen LogP contribution in [0.15, 0.2) is 35.7 Å². The third-order valence-electron chi connectivity index (χ3n) is 5.09. The molecule has 0 aliphatic carbocycles. The summed E-state index contributed by atoms with van der Waals surface area (Å²) in [4.78, 5) is 6.82. The molecule has 0 N–H and O–H groups in total. The lowest BCUT2D eigenvalue weighted by atomic mass is 9.91. The molecule has 2 aromatic rings. The lowest BCUT2D eigenvalue weighted by Crippen LogP contribution is -2.34. The summed E-state index contributed by atoms with van der Waals surface area (Å²) in [5, 5.41) is 2.26. The Morgan fingerprint density at radius 3 is 2.43 bits per heavy atom. The van der Waals surface area contributed by atoms with Gasteiger partial charge >= 0.3 is 0 Å². The van der Waals surface area contributed by atoms with E-state index in [0.717, 1.165) is 19.6 Å². The van der Waals surface area contributed by atoms with Crippen LogP contribution in [-0.2, 0) is 0 Å². The predicted molar refractivity (Wildman–Crippen MR) is 88.9 cm³/mol. The van der Waals surface area contributed by atoms with E-state index in [0.29, 0.717) is 12.1 Å². The Kier molecular flexibility index (Phi) is 3.37. The molecule has 2 nitrogen and oxygen atoms in total. The number of hydrogen-bond donors (Lipinski definition) is 0. The molecule has 0 amide bonds. The van der Waals surface area contributed by atoms with E-state index in [2.05, 4.69) is 59.4 Å². The molecule has 2 atom stereocenters. The van der Waals surface area contributed by atoms with Crippen molar-refractivity contribution in [2.45, 2.75) is 25.9 Å². The number of hydrogen-bond acceptors (Lipinski definition) is 3. The number of likely N-dealkylation sites (N-methyl/N-ethyl adjacent to an activating group) is 1. The monoisotopic (exact) mass is 298 g/mol. The van der Waals surface area contributed by atoms with Crippen LogP contribution in [0.5, 0.6) is 0 Å². The smallest absolute Gasteiger partial charge is 0.0711 e. The zero-order chi connectivity index (χ0) is 14.4. The highest BCUT2D eigenvalue weighted by Gasteiger charge is 2.48. The van der Waals surface area contributed by atoms with Crippen molar-refractivity contribution in [3.63, 3.8) is 0 Å². The van der Waals surface area contributed by atoms with Crippen LogP contribution in [0.3, 0.4) is 0 Å². The van der Waals surface area contributed by atoms with E-state index in [9.17, 15) is 0 Å². The summed E-state index contributed by atoms with van der Waals surface area (Å²) >= 11 is 1.93. The van der Waals surface area contributed by atoms with Crippen LogP contribution in [0.4, 0.5) is 0 Å². The first-order valence-corrected chi connectivity index (χ1v) is 8.87. The Morgan fingerprint density at radius 1 is 1.00 bits per heavy atom. The molecule has 110 valence electrons. The molecule has 0 saturated heterocycles. The van der Waals surface area contributed by atoms with Gasteiger partial charge in [0.05, 0.1) is 12.1 Å². The van der Waals surface area contributed by atoms with Gasteiger partial charge in [0.25, 0.3) is 0 Å². The molecule has 2 unspecified atom stereocenters. The van der Waals surface area contributed by atoms with Gasteiger partial charge in [0.1, 0.15) is 0 Å². The fourth-order valence-corrected chi connectivity index (χ4v) is 5.06. The lowest BCUT2D eigenvalue weighted by Gasteiger charge is -2.26. The van der Waals surface area contributed by atoms with Crippen LogP contribution in [-0.4, -0.2) is 36.0 Å².